The van der Waals surface area contributed by atoms with Crippen LogP contribution in [0.2, 0.25) is 0 Å². The van der Waals surface area contributed by atoms with Crippen LogP contribution in [-0.2, 0) is 0 Å². The van der Waals surface area contributed by atoms with E-state index in [-0.39, 0.29) is 0 Å². The highest BCUT2D eigenvalue weighted by atomic mass is 32.1. The third-order valence-electron chi connectivity index (χ3n) is 1.51. The Balaban J connectivity index is 2.82. The minimum absolute atomic E-state index is 0.843. The maximum Gasteiger partial charge on any atom is 0.125 e. The normalized spacial score (nSPS) is 10.7. The first-order valence-corrected chi connectivity index (χ1v) is 4.27. The summed E-state index contributed by atoms with van der Waals surface area (Å²) in [6.45, 7) is 3.99. The summed E-state index contributed by atoms with van der Waals surface area (Å²) < 4.78 is 1.17. The van der Waals surface area contributed by atoms with Crippen molar-refractivity contribution in [2.24, 2.45) is 0 Å². The van der Waals surface area contributed by atoms with Crippen LogP contribution in [0.25, 0.3) is 10.2 Å². The van der Waals surface area contributed by atoms with E-state index in [0.717, 1.165) is 11.3 Å². The second-order valence-corrected chi connectivity index (χ2v) is 3.81. The largest absolute Gasteiger partial charge is 0.240 e. The summed E-state index contributed by atoms with van der Waals surface area (Å²) in [6.07, 6.45) is 1.88. The minimum atomic E-state index is 0.843. The average molecular weight is 164 g/mol. The van der Waals surface area contributed by atoms with Crippen molar-refractivity contribution in [3.63, 3.8) is 0 Å². The second-order valence-electron chi connectivity index (χ2n) is 2.52. The van der Waals surface area contributed by atoms with Gasteiger partial charge in [0.1, 0.15) is 5.82 Å². The van der Waals surface area contributed by atoms with Gasteiger partial charge in [0.2, 0.25) is 0 Å². The zero-order chi connectivity index (χ0) is 7.84. The zero-order valence-corrected chi connectivity index (χ0v) is 7.27. The van der Waals surface area contributed by atoms with Crippen LogP contribution in [0.15, 0.2) is 12.3 Å². The fourth-order valence-electron chi connectivity index (χ4n) is 1.05. The summed E-state index contributed by atoms with van der Waals surface area (Å²) in [6, 6.07) is 2.09. The van der Waals surface area contributed by atoms with E-state index in [9.17, 15) is 0 Å². The van der Waals surface area contributed by atoms with Crippen molar-refractivity contribution in [2.75, 3.05) is 0 Å². The van der Waals surface area contributed by atoms with Crippen LogP contribution in [-0.4, -0.2) is 9.97 Å². The van der Waals surface area contributed by atoms with Gasteiger partial charge in [0.25, 0.3) is 0 Å². The van der Waals surface area contributed by atoms with Gasteiger partial charge < -0.3 is 0 Å². The summed E-state index contributed by atoms with van der Waals surface area (Å²) in [5.41, 5.74) is 1.07. The molecule has 2 nitrogen and oxygen atoms in total. The van der Waals surface area contributed by atoms with Crippen LogP contribution >= 0.6 is 11.3 Å². The fourth-order valence-corrected chi connectivity index (χ4v) is 1.89. The van der Waals surface area contributed by atoms with Gasteiger partial charge in [-0.1, -0.05) is 0 Å². The summed E-state index contributed by atoms with van der Waals surface area (Å²) in [5, 5.41) is 0. The Kier molecular flexibility index (Phi) is 1.39. The molecule has 0 aliphatic heterocycles. The highest BCUT2D eigenvalue weighted by molar-refractivity contribution is 7.18. The van der Waals surface area contributed by atoms with Crippen molar-refractivity contribution in [1.82, 2.24) is 9.97 Å². The number of aromatic nitrogens is 2. The number of fused-ring (bicyclic) bond motifs is 1. The highest BCUT2D eigenvalue weighted by Gasteiger charge is 1.98. The highest BCUT2D eigenvalue weighted by Crippen LogP contribution is 2.21. The lowest BCUT2D eigenvalue weighted by atomic mass is 10.4. The zero-order valence-electron chi connectivity index (χ0n) is 6.46. The maximum atomic E-state index is 4.30. The quantitative estimate of drug-likeness (QED) is 0.597. The molecule has 0 aromatic carbocycles. The number of nitrogens with zero attached hydrogens (tertiary/aromatic N) is 2. The molecule has 0 aliphatic carbocycles. The van der Waals surface area contributed by atoms with E-state index in [4.69, 9.17) is 0 Å². The lowest BCUT2D eigenvalue weighted by Gasteiger charge is -1.88. The van der Waals surface area contributed by atoms with Gasteiger partial charge >= 0.3 is 0 Å². The molecule has 2 rings (SSSR count). The van der Waals surface area contributed by atoms with Crippen LogP contribution in [0, 0.1) is 13.8 Å². The molecule has 0 spiro atoms. The van der Waals surface area contributed by atoms with Crippen molar-refractivity contribution >= 4 is 21.6 Å². The molecule has 0 atom stereocenters. The molecule has 0 radical (unpaired) electrons. The molecule has 0 unspecified atom stereocenters. The number of hydrogen-bond acceptors (Lipinski definition) is 3. The van der Waals surface area contributed by atoms with Gasteiger partial charge in [-0.25, -0.2) is 9.97 Å². The molecule has 0 amide bonds. The first kappa shape index (κ1) is 6.73. The Morgan fingerprint density at radius 1 is 1.36 bits per heavy atom. The summed E-state index contributed by atoms with van der Waals surface area (Å²) in [5.74, 6) is 0.843. The average Bonchev–Trinajstić information content (AvgIpc) is 2.27. The predicted molar refractivity (Wildman–Crippen MR) is 46.9 cm³/mol. The first-order valence-electron chi connectivity index (χ1n) is 3.45. The monoisotopic (exact) mass is 164 g/mol. The summed E-state index contributed by atoms with van der Waals surface area (Å²) in [4.78, 5) is 9.71. The molecular weight excluding hydrogens is 156 g/mol. The van der Waals surface area contributed by atoms with Crippen LogP contribution < -0.4 is 0 Å². The summed E-state index contributed by atoms with van der Waals surface area (Å²) in [7, 11) is 0. The number of thiophene rings is 1. The Bertz CT molecular complexity index is 392. The van der Waals surface area contributed by atoms with Crippen molar-refractivity contribution in [2.45, 2.75) is 13.8 Å². The molecule has 0 bridgehead atoms. The molecule has 0 fully saturated rings. The van der Waals surface area contributed by atoms with Crippen LogP contribution in [0.3, 0.4) is 0 Å². The van der Waals surface area contributed by atoms with Gasteiger partial charge in [0, 0.05) is 11.1 Å². The molecule has 0 N–H and O–H groups in total. The van der Waals surface area contributed by atoms with E-state index in [0.29, 0.717) is 0 Å². The summed E-state index contributed by atoms with van der Waals surface area (Å²) >= 11 is 1.74. The van der Waals surface area contributed by atoms with Gasteiger partial charge in [-0.15, -0.1) is 11.3 Å². The number of aryl methyl sites for hydroxylation is 2. The van der Waals surface area contributed by atoms with Gasteiger partial charge in [0.15, 0.2) is 0 Å². The molecule has 56 valence electrons. The van der Waals surface area contributed by atoms with Crippen molar-refractivity contribution in [3.8, 4) is 0 Å². The Hall–Kier alpha value is -0.960. The van der Waals surface area contributed by atoms with Gasteiger partial charge in [-0.2, -0.15) is 0 Å². The first-order chi connectivity index (χ1) is 5.25. The SMILES string of the molecule is Cc1ncc2sc(C)cc2n1. The van der Waals surface area contributed by atoms with E-state index in [2.05, 4.69) is 23.0 Å². The van der Waals surface area contributed by atoms with E-state index < -0.39 is 0 Å². The van der Waals surface area contributed by atoms with Crippen LogP contribution in [0.5, 0.6) is 0 Å². The molecular formula is C8H8N2S. The molecule has 3 heteroatoms. The third-order valence-corrected chi connectivity index (χ3v) is 2.49. The van der Waals surface area contributed by atoms with Crippen molar-refractivity contribution in [1.29, 1.82) is 0 Å². The molecule has 0 saturated carbocycles. The smallest absolute Gasteiger partial charge is 0.125 e. The Morgan fingerprint density at radius 3 is 3.00 bits per heavy atom. The van der Waals surface area contributed by atoms with Crippen molar-refractivity contribution in [3.05, 3.63) is 23.0 Å². The lowest BCUT2D eigenvalue weighted by Crippen LogP contribution is -1.83. The van der Waals surface area contributed by atoms with Gasteiger partial charge in [-0.05, 0) is 19.9 Å². The predicted octanol–water partition coefficient (Wildman–Crippen LogP) is 2.31. The van der Waals surface area contributed by atoms with Gasteiger partial charge in [0.05, 0.1) is 10.2 Å². The van der Waals surface area contributed by atoms with E-state index >= 15 is 0 Å². The minimum Gasteiger partial charge on any atom is -0.240 e. The lowest BCUT2D eigenvalue weighted by molar-refractivity contribution is 1.10. The molecule has 11 heavy (non-hydrogen) atoms. The van der Waals surface area contributed by atoms with E-state index in [1.807, 2.05) is 13.1 Å². The fraction of sp³-hybridized carbons (Fsp3) is 0.250. The molecule has 0 aliphatic rings. The molecule has 0 saturated heterocycles. The standard InChI is InChI=1S/C8H8N2S/c1-5-3-7-8(11-5)4-9-6(2)10-7/h3-4H,1-2H3. The molecule has 2 aromatic rings. The van der Waals surface area contributed by atoms with Crippen LogP contribution in [0.1, 0.15) is 10.7 Å². The maximum absolute atomic E-state index is 4.30. The number of rotatable bonds is 0. The Labute approximate surface area is 68.9 Å². The van der Waals surface area contributed by atoms with Crippen LogP contribution in [0.4, 0.5) is 0 Å². The molecule has 2 aromatic heterocycles. The topological polar surface area (TPSA) is 25.8 Å². The van der Waals surface area contributed by atoms with Crippen molar-refractivity contribution < 1.29 is 0 Å². The van der Waals surface area contributed by atoms with E-state index in [1.165, 1.54) is 9.58 Å². The second kappa shape index (κ2) is 2.27. The Morgan fingerprint density at radius 2 is 2.18 bits per heavy atom. The number of hydrogen-bond donors (Lipinski definition) is 0. The third kappa shape index (κ3) is 1.12. The van der Waals surface area contributed by atoms with E-state index in [1.54, 1.807) is 11.3 Å². The molecule has 2 heterocycles. The van der Waals surface area contributed by atoms with Gasteiger partial charge in [-0.3, -0.25) is 0 Å².